The lowest BCUT2D eigenvalue weighted by molar-refractivity contribution is 0.168. The van der Waals surface area contributed by atoms with Gasteiger partial charge in [-0.3, -0.25) is 14.6 Å². The molecule has 6 nitrogen and oxygen atoms in total. The summed E-state index contributed by atoms with van der Waals surface area (Å²) in [5.74, 6) is 0.952. The molecule has 0 saturated carbocycles. The molecule has 3 heterocycles. The number of anilines is 1. The molecular weight excluding hydrogens is 372 g/mol. The Kier molecular flexibility index (Phi) is 6.65. The quantitative estimate of drug-likeness (QED) is 0.658. The molecule has 28 heavy (non-hydrogen) atoms. The average molecular weight is 399 g/mol. The van der Waals surface area contributed by atoms with E-state index in [4.69, 9.17) is 0 Å². The molecule has 148 valence electrons. The number of halogens is 1. The van der Waals surface area contributed by atoms with Gasteiger partial charge in [0.15, 0.2) is 0 Å². The lowest BCUT2D eigenvalue weighted by atomic mass is 10.0. The van der Waals surface area contributed by atoms with E-state index < -0.39 is 0 Å². The fourth-order valence-electron chi connectivity index (χ4n) is 3.84. The lowest BCUT2D eigenvalue weighted by Crippen LogP contribution is -2.48. The van der Waals surface area contributed by atoms with Gasteiger partial charge in [-0.1, -0.05) is 30.3 Å². The van der Waals surface area contributed by atoms with Gasteiger partial charge in [0.2, 0.25) is 0 Å². The normalized spacial score (nSPS) is 17.4. The van der Waals surface area contributed by atoms with E-state index in [2.05, 4.69) is 73.7 Å². The van der Waals surface area contributed by atoms with Gasteiger partial charge in [-0.25, -0.2) is 4.98 Å². The van der Waals surface area contributed by atoms with Crippen LogP contribution in [0.3, 0.4) is 0 Å². The summed E-state index contributed by atoms with van der Waals surface area (Å²) in [5.41, 5.74) is 3.91. The SMILES string of the molecule is CCn1ncc(CN2CCN(c3cnccn3)CC2c2ccccc2)c1C.Cl. The summed E-state index contributed by atoms with van der Waals surface area (Å²) in [4.78, 5) is 13.6. The van der Waals surface area contributed by atoms with Crippen molar-refractivity contribution in [3.05, 3.63) is 71.9 Å². The highest BCUT2D eigenvalue weighted by Gasteiger charge is 2.29. The number of aromatic nitrogens is 4. The second kappa shape index (κ2) is 9.17. The highest BCUT2D eigenvalue weighted by atomic mass is 35.5. The fraction of sp³-hybridized carbons (Fsp3) is 0.381. The van der Waals surface area contributed by atoms with Crippen LogP contribution in [0.2, 0.25) is 0 Å². The van der Waals surface area contributed by atoms with Crippen LogP contribution < -0.4 is 4.90 Å². The second-order valence-electron chi connectivity index (χ2n) is 6.98. The Bertz CT molecular complexity index is 867. The molecule has 1 saturated heterocycles. The van der Waals surface area contributed by atoms with Crippen LogP contribution >= 0.6 is 12.4 Å². The van der Waals surface area contributed by atoms with E-state index in [1.54, 1.807) is 12.4 Å². The number of hydrogen-bond acceptors (Lipinski definition) is 5. The van der Waals surface area contributed by atoms with Crippen LogP contribution in [0.15, 0.2) is 55.1 Å². The van der Waals surface area contributed by atoms with E-state index in [-0.39, 0.29) is 12.4 Å². The van der Waals surface area contributed by atoms with Crippen LogP contribution in [-0.2, 0) is 13.1 Å². The van der Waals surface area contributed by atoms with Crippen molar-refractivity contribution in [2.24, 2.45) is 0 Å². The number of aryl methyl sites for hydroxylation is 1. The van der Waals surface area contributed by atoms with Crippen LogP contribution in [-0.4, -0.2) is 44.3 Å². The fourth-order valence-corrected chi connectivity index (χ4v) is 3.84. The van der Waals surface area contributed by atoms with E-state index in [9.17, 15) is 0 Å². The molecule has 1 unspecified atom stereocenters. The molecule has 1 fully saturated rings. The van der Waals surface area contributed by atoms with Crippen LogP contribution in [0.5, 0.6) is 0 Å². The minimum Gasteiger partial charge on any atom is -0.352 e. The van der Waals surface area contributed by atoms with Gasteiger partial charge in [-0.15, -0.1) is 12.4 Å². The van der Waals surface area contributed by atoms with Gasteiger partial charge in [0, 0.05) is 56.4 Å². The minimum absolute atomic E-state index is 0. The molecule has 1 aliphatic heterocycles. The van der Waals surface area contributed by atoms with Crippen molar-refractivity contribution < 1.29 is 0 Å². The molecule has 0 bridgehead atoms. The van der Waals surface area contributed by atoms with Gasteiger partial charge in [0.25, 0.3) is 0 Å². The molecule has 3 aromatic rings. The zero-order chi connectivity index (χ0) is 18.6. The summed E-state index contributed by atoms with van der Waals surface area (Å²) in [6, 6.07) is 11.1. The Morgan fingerprint density at radius 2 is 1.89 bits per heavy atom. The van der Waals surface area contributed by atoms with Crippen LogP contribution in [0, 0.1) is 6.92 Å². The first kappa shape index (κ1) is 20.3. The molecule has 7 heteroatoms. The summed E-state index contributed by atoms with van der Waals surface area (Å²) < 4.78 is 2.07. The molecule has 0 N–H and O–H groups in total. The number of rotatable bonds is 5. The van der Waals surface area contributed by atoms with Crippen molar-refractivity contribution in [2.45, 2.75) is 33.0 Å². The van der Waals surface area contributed by atoms with Crippen molar-refractivity contribution in [1.29, 1.82) is 0 Å². The average Bonchev–Trinajstić information content (AvgIpc) is 3.09. The Morgan fingerprint density at radius 3 is 2.57 bits per heavy atom. The van der Waals surface area contributed by atoms with E-state index in [1.807, 2.05) is 12.4 Å². The molecule has 0 radical (unpaired) electrons. The monoisotopic (exact) mass is 398 g/mol. The van der Waals surface area contributed by atoms with Gasteiger partial charge in [-0.05, 0) is 19.4 Å². The molecule has 2 aromatic heterocycles. The molecule has 0 spiro atoms. The maximum atomic E-state index is 4.52. The predicted octanol–water partition coefficient (Wildman–Crippen LogP) is 3.49. The van der Waals surface area contributed by atoms with Crippen LogP contribution in [0.4, 0.5) is 5.82 Å². The molecule has 0 aliphatic carbocycles. The summed E-state index contributed by atoms with van der Waals surface area (Å²) in [5, 5.41) is 4.52. The highest BCUT2D eigenvalue weighted by Crippen LogP contribution is 2.29. The van der Waals surface area contributed by atoms with E-state index >= 15 is 0 Å². The topological polar surface area (TPSA) is 50.1 Å². The third-order valence-corrected chi connectivity index (χ3v) is 5.43. The smallest absolute Gasteiger partial charge is 0.147 e. The van der Waals surface area contributed by atoms with E-state index in [0.29, 0.717) is 6.04 Å². The first-order chi connectivity index (χ1) is 13.3. The molecule has 1 aliphatic rings. The molecule has 1 aromatic carbocycles. The minimum atomic E-state index is 0. The van der Waals surface area contributed by atoms with Gasteiger partial charge >= 0.3 is 0 Å². The molecule has 4 rings (SSSR count). The Morgan fingerprint density at radius 1 is 1.07 bits per heavy atom. The maximum Gasteiger partial charge on any atom is 0.147 e. The van der Waals surface area contributed by atoms with Crippen molar-refractivity contribution in [2.75, 3.05) is 24.5 Å². The zero-order valence-corrected chi connectivity index (χ0v) is 17.2. The Labute approximate surface area is 172 Å². The summed E-state index contributed by atoms with van der Waals surface area (Å²) in [6.45, 7) is 8.96. The Balaban J connectivity index is 0.00000225. The summed E-state index contributed by atoms with van der Waals surface area (Å²) >= 11 is 0. The molecule has 0 amide bonds. The van der Waals surface area contributed by atoms with Crippen molar-refractivity contribution in [3.63, 3.8) is 0 Å². The molecular formula is C21H27ClN6. The van der Waals surface area contributed by atoms with Gasteiger partial charge in [0.1, 0.15) is 5.82 Å². The number of piperazine rings is 1. The number of nitrogens with zero attached hydrogens (tertiary/aromatic N) is 6. The highest BCUT2D eigenvalue weighted by molar-refractivity contribution is 5.85. The van der Waals surface area contributed by atoms with Gasteiger partial charge in [-0.2, -0.15) is 5.10 Å². The Hall–Kier alpha value is -2.44. The maximum absolute atomic E-state index is 4.52. The number of benzene rings is 1. The number of hydrogen-bond donors (Lipinski definition) is 0. The van der Waals surface area contributed by atoms with Crippen molar-refractivity contribution in [1.82, 2.24) is 24.6 Å². The van der Waals surface area contributed by atoms with Crippen LogP contribution in [0.25, 0.3) is 0 Å². The van der Waals surface area contributed by atoms with Gasteiger partial charge in [0.05, 0.1) is 18.4 Å². The van der Waals surface area contributed by atoms with E-state index in [1.165, 1.54) is 16.8 Å². The second-order valence-corrected chi connectivity index (χ2v) is 6.98. The van der Waals surface area contributed by atoms with Crippen LogP contribution in [0.1, 0.15) is 29.8 Å². The zero-order valence-electron chi connectivity index (χ0n) is 16.4. The predicted molar refractivity (Wildman–Crippen MR) is 114 cm³/mol. The first-order valence-corrected chi connectivity index (χ1v) is 9.57. The first-order valence-electron chi connectivity index (χ1n) is 9.57. The van der Waals surface area contributed by atoms with Gasteiger partial charge < -0.3 is 4.90 Å². The third-order valence-electron chi connectivity index (χ3n) is 5.43. The van der Waals surface area contributed by atoms with E-state index in [0.717, 1.165) is 38.5 Å². The molecule has 1 atom stereocenters. The van der Waals surface area contributed by atoms with Crippen molar-refractivity contribution in [3.8, 4) is 0 Å². The summed E-state index contributed by atoms with van der Waals surface area (Å²) in [6.07, 6.45) is 7.37. The van der Waals surface area contributed by atoms with Crippen molar-refractivity contribution >= 4 is 18.2 Å². The third kappa shape index (κ3) is 4.18. The lowest BCUT2D eigenvalue weighted by Gasteiger charge is -2.42. The standard InChI is InChI=1S/C21H26N6.ClH/c1-3-27-17(2)19(13-24-27)15-25-11-12-26(21-14-22-9-10-23-21)16-20(25)18-7-5-4-6-8-18;/h4-10,13-14,20H,3,11-12,15-16H2,1-2H3;1H. The summed E-state index contributed by atoms with van der Waals surface area (Å²) in [7, 11) is 0. The largest absolute Gasteiger partial charge is 0.352 e.